The van der Waals surface area contributed by atoms with Gasteiger partial charge in [-0.05, 0) is 31.2 Å². The smallest absolute Gasteiger partial charge is 0.256 e. The molecule has 0 aliphatic carbocycles. The Balaban J connectivity index is 1.42. The monoisotopic (exact) mass is 421 g/mol. The van der Waals surface area contributed by atoms with Crippen molar-refractivity contribution < 1.29 is 9.18 Å². The molecule has 1 aliphatic heterocycles. The fourth-order valence-electron chi connectivity index (χ4n) is 3.58. The van der Waals surface area contributed by atoms with E-state index in [1.807, 2.05) is 37.3 Å². The standard InChI is InChI=1S/C22H24FN7O/c1-15(19-26-21(24)28-22(27-19)25-16-7-3-2-4-8-16)29-11-13-30(14-12-29)20(31)17-9-5-6-10-18(17)23/h2-10,15H,11-14H2,1H3,(H3,24,25,26,27,28). The summed E-state index contributed by atoms with van der Waals surface area (Å²) in [5.74, 6) is 0.295. The van der Waals surface area contributed by atoms with Crippen molar-refractivity contribution in [1.29, 1.82) is 0 Å². The third kappa shape index (κ3) is 4.77. The molecule has 1 amide bonds. The molecule has 1 aliphatic rings. The van der Waals surface area contributed by atoms with Gasteiger partial charge in [0.2, 0.25) is 11.9 Å². The SMILES string of the molecule is CC(c1nc(N)nc(Nc2ccccc2)n1)N1CCN(C(=O)c2ccccc2F)CC1. The number of hydrogen-bond acceptors (Lipinski definition) is 7. The number of amides is 1. The Bertz CT molecular complexity index is 1050. The molecule has 1 saturated heterocycles. The lowest BCUT2D eigenvalue weighted by Gasteiger charge is -2.37. The minimum atomic E-state index is -0.498. The highest BCUT2D eigenvalue weighted by atomic mass is 19.1. The predicted octanol–water partition coefficient (Wildman–Crippen LogP) is 2.86. The average molecular weight is 421 g/mol. The molecule has 1 atom stereocenters. The lowest BCUT2D eigenvalue weighted by atomic mass is 10.1. The lowest BCUT2D eigenvalue weighted by molar-refractivity contribution is 0.0571. The first-order valence-electron chi connectivity index (χ1n) is 10.1. The van der Waals surface area contributed by atoms with Crippen LogP contribution in [0.5, 0.6) is 0 Å². The molecular formula is C22H24FN7O. The third-order valence-electron chi connectivity index (χ3n) is 5.33. The highest BCUT2D eigenvalue weighted by Gasteiger charge is 2.28. The molecular weight excluding hydrogens is 397 g/mol. The zero-order valence-electron chi connectivity index (χ0n) is 17.2. The minimum Gasteiger partial charge on any atom is -0.368 e. The third-order valence-corrected chi connectivity index (χ3v) is 5.33. The zero-order chi connectivity index (χ0) is 21.8. The van der Waals surface area contributed by atoms with Crippen molar-refractivity contribution in [2.45, 2.75) is 13.0 Å². The van der Waals surface area contributed by atoms with E-state index in [0.717, 1.165) is 5.69 Å². The summed E-state index contributed by atoms with van der Waals surface area (Å²) < 4.78 is 14.0. The number of halogens is 1. The predicted molar refractivity (Wildman–Crippen MR) is 116 cm³/mol. The quantitative estimate of drug-likeness (QED) is 0.653. The van der Waals surface area contributed by atoms with Crippen LogP contribution in [0.15, 0.2) is 54.6 Å². The van der Waals surface area contributed by atoms with Crippen LogP contribution in [0.2, 0.25) is 0 Å². The summed E-state index contributed by atoms with van der Waals surface area (Å²) in [5, 5.41) is 3.14. The molecule has 8 nitrogen and oxygen atoms in total. The molecule has 4 rings (SSSR count). The van der Waals surface area contributed by atoms with Crippen LogP contribution in [0.4, 0.5) is 22.0 Å². The molecule has 2 aromatic carbocycles. The van der Waals surface area contributed by atoms with E-state index in [-0.39, 0.29) is 23.5 Å². The first-order valence-corrected chi connectivity index (χ1v) is 10.1. The van der Waals surface area contributed by atoms with Crippen LogP contribution < -0.4 is 11.1 Å². The Kier molecular flexibility index (Phi) is 6.03. The van der Waals surface area contributed by atoms with Gasteiger partial charge in [0, 0.05) is 31.9 Å². The number of benzene rings is 2. The van der Waals surface area contributed by atoms with Crippen molar-refractivity contribution >= 4 is 23.5 Å². The topological polar surface area (TPSA) is 100 Å². The molecule has 0 radical (unpaired) electrons. The second kappa shape index (κ2) is 9.05. The van der Waals surface area contributed by atoms with Gasteiger partial charge in [-0.15, -0.1) is 0 Å². The Hall–Kier alpha value is -3.59. The van der Waals surface area contributed by atoms with E-state index in [4.69, 9.17) is 5.73 Å². The Morgan fingerprint density at radius 1 is 1.00 bits per heavy atom. The van der Waals surface area contributed by atoms with Crippen molar-refractivity contribution in [2.75, 3.05) is 37.2 Å². The first-order chi connectivity index (χ1) is 15.0. The fourth-order valence-corrected chi connectivity index (χ4v) is 3.58. The summed E-state index contributed by atoms with van der Waals surface area (Å²) in [6, 6.07) is 15.5. The second-order valence-corrected chi connectivity index (χ2v) is 7.35. The number of nitrogens with zero attached hydrogens (tertiary/aromatic N) is 5. The number of piperazine rings is 1. The summed E-state index contributed by atoms with van der Waals surface area (Å²) >= 11 is 0. The number of carbonyl (C=O) groups is 1. The van der Waals surface area contributed by atoms with Crippen LogP contribution in [-0.4, -0.2) is 56.8 Å². The molecule has 9 heteroatoms. The number of rotatable bonds is 5. The molecule has 0 spiro atoms. The van der Waals surface area contributed by atoms with E-state index in [0.29, 0.717) is 38.0 Å². The van der Waals surface area contributed by atoms with Crippen molar-refractivity contribution in [3.05, 3.63) is 71.8 Å². The number of para-hydroxylation sites is 1. The van der Waals surface area contributed by atoms with E-state index < -0.39 is 5.82 Å². The van der Waals surface area contributed by atoms with Gasteiger partial charge in [-0.3, -0.25) is 9.69 Å². The van der Waals surface area contributed by atoms with E-state index in [1.165, 1.54) is 12.1 Å². The summed E-state index contributed by atoms with van der Waals surface area (Å²) in [7, 11) is 0. The largest absolute Gasteiger partial charge is 0.368 e. The summed E-state index contributed by atoms with van der Waals surface area (Å²) in [6.45, 7) is 4.22. The summed E-state index contributed by atoms with van der Waals surface area (Å²) in [6.07, 6.45) is 0. The van der Waals surface area contributed by atoms with Crippen LogP contribution in [0.1, 0.15) is 29.1 Å². The number of hydrogen-bond donors (Lipinski definition) is 2. The Morgan fingerprint density at radius 2 is 1.68 bits per heavy atom. The fraction of sp³-hybridized carbons (Fsp3) is 0.273. The molecule has 1 aromatic heterocycles. The van der Waals surface area contributed by atoms with E-state index >= 15 is 0 Å². The zero-order valence-corrected chi connectivity index (χ0v) is 17.2. The number of nitrogens with one attached hydrogen (secondary N) is 1. The van der Waals surface area contributed by atoms with Crippen LogP contribution in [0.25, 0.3) is 0 Å². The molecule has 0 saturated carbocycles. The first kappa shape index (κ1) is 20.7. The normalized spacial score (nSPS) is 15.5. The van der Waals surface area contributed by atoms with Gasteiger partial charge < -0.3 is 16.0 Å². The van der Waals surface area contributed by atoms with Crippen molar-refractivity contribution in [3.63, 3.8) is 0 Å². The maximum atomic E-state index is 14.0. The van der Waals surface area contributed by atoms with Gasteiger partial charge in [-0.1, -0.05) is 30.3 Å². The number of nitrogens with two attached hydrogens (primary N) is 1. The molecule has 2 heterocycles. The Morgan fingerprint density at radius 3 is 2.39 bits per heavy atom. The summed E-state index contributed by atoms with van der Waals surface area (Å²) in [5.41, 5.74) is 6.87. The summed E-state index contributed by atoms with van der Waals surface area (Å²) in [4.78, 5) is 29.5. The molecule has 0 bridgehead atoms. The molecule has 1 unspecified atom stereocenters. The van der Waals surface area contributed by atoms with Crippen LogP contribution in [-0.2, 0) is 0 Å². The van der Waals surface area contributed by atoms with Gasteiger partial charge in [-0.25, -0.2) is 4.39 Å². The highest BCUT2D eigenvalue weighted by Crippen LogP contribution is 2.22. The van der Waals surface area contributed by atoms with Crippen LogP contribution in [0.3, 0.4) is 0 Å². The number of nitrogen functional groups attached to an aromatic ring is 1. The second-order valence-electron chi connectivity index (χ2n) is 7.35. The maximum absolute atomic E-state index is 14.0. The number of carbonyl (C=O) groups excluding carboxylic acids is 1. The Labute approximate surface area is 179 Å². The van der Waals surface area contributed by atoms with Crippen LogP contribution >= 0.6 is 0 Å². The maximum Gasteiger partial charge on any atom is 0.256 e. The van der Waals surface area contributed by atoms with E-state index in [2.05, 4.69) is 25.2 Å². The van der Waals surface area contributed by atoms with Gasteiger partial charge in [0.15, 0.2) is 5.82 Å². The minimum absolute atomic E-state index is 0.103. The highest BCUT2D eigenvalue weighted by molar-refractivity contribution is 5.94. The van der Waals surface area contributed by atoms with Gasteiger partial charge in [0.25, 0.3) is 5.91 Å². The van der Waals surface area contributed by atoms with Gasteiger partial charge in [0.1, 0.15) is 5.82 Å². The van der Waals surface area contributed by atoms with Gasteiger partial charge >= 0.3 is 0 Å². The van der Waals surface area contributed by atoms with Crippen molar-refractivity contribution in [1.82, 2.24) is 24.8 Å². The van der Waals surface area contributed by atoms with Crippen molar-refractivity contribution in [2.24, 2.45) is 0 Å². The molecule has 3 N–H and O–H groups in total. The van der Waals surface area contributed by atoms with Crippen LogP contribution in [0, 0.1) is 5.82 Å². The van der Waals surface area contributed by atoms with Crippen molar-refractivity contribution in [3.8, 4) is 0 Å². The van der Waals surface area contributed by atoms with Gasteiger partial charge in [-0.2, -0.15) is 15.0 Å². The molecule has 3 aromatic rings. The molecule has 1 fully saturated rings. The lowest BCUT2D eigenvalue weighted by Crippen LogP contribution is -2.49. The van der Waals surface area contributed by atoms with Gasteiger partial charge in [0.05, 0.1) is 11.6 Å². The van der Waals surface area contributed by atoms with E-state index in [9.17, 15) is 9.18 Å². The number of aromatic nitrogens is 3. The van der Waals surface area contributed by atoms with E-state index in [1.54, 1.807) is 17.0 Å². The molecule has 160 valence electrons. The number of anilines is 3. The average Bonchev–Trinajstić information content (AvgIpc) is 2.79. The molecule has 31 heavy (non-hydrogen) atoms.